The van der Waals surface area contributed by atoms with Gasteiger partial charge in [-0.25, -0.2) is 8.42 Å². The van der Waals surface area contributed by atoms with Gasteiger partial charge in [-0.05, 0) is 49.2 Å². The smallest absolute Gasteiger partial charge is 0.243 e. The molecule has 0 radical (unpaired) electrons. The van der Waals surface area contributed by atoms with E-state index in [4.69, 9.17) is 23.2 Å². The van der Waals surface area contributed by atoms with Gasteiger partial charge in [0.25, 0.3) is 0 Å². The lowest BCUT2D eigenvalue weighted by molar-refractivity contribution is -0.140. The van der Waals surface area contributed by atoms with Crippen LogP contribution in [-0.4, -0.2) is 55.6 Å². The molecule has 10 heteroatoms. The van der Waals surface area contributed by atoms with E-state index in [1.807, 2.05) is 6.92 Å². The van der Waals surface area contributed by atoms with Crippen molar-refractivity contribution in [2.24, 2.45) is 0 Å². The monoisotopic (exact) mass is 513 g/mol. The van der Waals surface area contributed by atoms with E-state index < -0.39 is 28.5 Å². The van der Waals surface area contributed by atoms with Crippen molar-refractivity contribution in [2.45, 2.75) is 44.2 Å². The second-order valence-corrected chi connectivity index (χ2v) is 10.5. The van der Waals surface area contributed by atoms with Crippen molar-refractivity contribution in [1.82, 2.24) is 14.5 Å². The van der Waals surface area contributed by atoms with Gasteiger partial charge in [-0.15, -0.1) is 0 Å². The van der Waals surface area contributed by atoms with E-state index in [-0.39, 0.29) is 17.3 Å². The van der Waals surface area contributed by atoms with Gasteiger partial charge in [-0.3, -0.25) is 9.59 Å². The molecule has 180 valence electrons. The fourth-order valence-electron chi connectivity index (χ4n) is 3.08. The maximum Gasteiger partial charge on any atom is 0.243 e. The van der Waals surface area contributed by atoms with E-state index in [9.17, 15) is 18.0 Å². The molecule has 33 heavy (non-hydrogen) atoms. The first-order valence-electron chi connectivity index (χ1n) is 10.6. The van der Waals surface area contributed by atoms with Crippen LogP contribution in [0.3, 0.4) is 0 Å². The van der Waals surface area contributed by atoms with E-state index in [0.29, 0.717) is 22.2 Å². The first kappa shape index (κ1) is 27.1. The summed E-state index contributed by atoms with van der Waals surface area (Å²) in [6, 6.07) is 11.9. The fourth-order valence-corrected chi connectivity index (χ4v) is 4.52. The molecular formula is C23H29Cl2N3O4S. The van der Waals surface area contributed by atoms with Crippen LogP contribution in [0.4, 0.5) is 0 Å². The molecule has 0 saturated carbocycles. The van der Waals surface area contributed by atoms with Gasteiger partial charge in [0.2, 0.25) is 21.8 Å². The molecular weight excluding hydrogens is 485 g/mol. The van der Waals surface area contributed by atoms with Gasteiger partial charge >= 0.3 is 0 Å². The number of amides is 2. The Morgan fingerprint density at radius 3 is 2.30 bits per heavy atom. The number of carbonyl (C=O) groups is 2. The molecule has 2 rings (SSSR count). The number of unbranched alkanes of at least 4 members (excludes halogenated alkanes) is 1. The third-order valence-electron chi connectivity index (χ3n) is 5.18. The van der Waals surface area contributed by atoms with Gasteiger partial charge < -0.3 is 10.2 Å². The second kappa shape index (κ2) is 12.4. The van der Waals surface area contributed by atoms with Gasteiger partial charge in [-0.1, -0.05) is 54.7 Å². The van der Waals surface area contributed by atoms with Crippen LogP contribution < -0.4 is 5.32 Å². The van der Waals surface area contributed by atoms with E-state index >= 15 is 0 Å². The summed E-state index contributed by atoms with van der Waals surface area (Å²) >= 11 is 12.1. The molecule has 2 amide bonds. The molecule has 0 aliphatic carbocycles. The summed E-state index contributed by atoms with van der Waals surface area (Å²) in [5, 5.41) is 3.68. The highest BCUT2D eigenvalue weighted by Gasteiger charge is 2.30. The Morgan fingerprint density at radius 2 is 1.70 bits per heavy atom. The quantitative estimate of drug-likeness (QED) is 0.460. The lowest BCUT2D eigenvalue weighted by Crippen LogP contribution is -2.50. The summed E-state index contributed by atoms with van der Waals surface area (Å²) in [5.41, 5.74) is 0.656. The van der Waals surface area contributed by atoms with Crippen molar-refractivity contribution >= 4 is 45.0 Å². The lowest BCUT2D eigenvalue weighted by Gasteiger charge is -2.30. The van der Waals surface area contributed by atoms with Gasteiger partial charge in [0.05, 0.1) is 11.4 Å². The highest BCUT2D eigenvalue weighted by molar-refractivity contribution is 7.89. The number of benzene rings is 2. The van der Waals surface area contributed by atoms with Crippen molar-refractivity contribution in [3.8, 4) is 0 Å². The molecule has 0 heterocycles. The number of nitrogens with zero attached hydrogens (tertiary/aromatic N) is 2. The predicted molar refractivity (Wildman–Crippen MR) is 131 cm³/mol. The summed E-state index contributed by atoms with van der Waals surface area (Å²) in [6.45, 7) is 3.75. The van der Waals surface area contributed by atoms with Crippen LogP contribution in [0.15, 0.2) is 53.4 Å². The number of hydrogen-bond acceptors (Lipinski definition) is 4. The SMILES string of the molecule is CCCCNC(=O)[C@@H](C)N(Cc1ccccc1Cl)C(=O)CN(C)S(=O)(=O)c1ccc(Cl)cc1. The second-order valence-electron chi connectivity index (χ2n) is 7.65. The Bertz CT molecular complexity index is 1060. The van der Waals surface area contributed by atoms with Crippen molar-refractivity contribution in [1.29, 1.82) is 0 Å². The standard InChI is InChI=1S/C23H29Cl2N3O4S/c1-4-5-14-26-23(30)17(2)28(15-18-8-6-7-9-21(18)25)22(29)16-27(3)33(31,32)20-12-10-19(24)11-13-20/h6-13,17H,4-5,14-16H2,1-3H3,(H,26,30)/t17-/m1/s1. The van der Waals surface area contributed by atoms with Crippen molar-refractivity contribution < 1.29 is 18.0 Å². The third kappa shape index (κ3) is 7.43. The average molecular weight is 514 g/mol. The average Bonchev–Trinajstić information content (AvgIpc) is 2.78. The Morgan fingerprint density at radius 1 is 1.06 bits per heavy atom. The van der Waals surface area contributed by atoms with Crippen LogP contribution in [-0.2, 0) is 26.2 Å². The molecule has 0 bridgehead atoms. The molecule has 7 nitrogen and oxygen atoms in total. The largest absolute Gasteiger partial charge is 0.354 e. The molecule has 0 spiro atoms. The zero-order valence-electron chi connectivity index (χ0n) is 18.9. The van der Waals surface area contributed by atoms with Crippen LogP contribution >= 0.6 is 23.2 Å². The molecule has 2 aromatic rings. The van der Waals surface area contributed by atoms with E-state index in [1.165, 1.54) is 36.2 Å². The van der Waals surface area contributed by atoms with Crippen molar-refractivity contribution in [2.75, 3.05) is 20.1 Å². The number of nitrogens with one attached hydrogen (secondary N) is 1. The number of likely N-dealkylation sites (N-methyl/N-ethyl adjacent to an activating group) is 1. The topological polar surface area (TPSA) is 86.8 Å². The van der Waals surface area contributed by atoms with Crippen LogP contribution in [0.2, 0.25) is 10.0 Å². The Balaban J connectivity index is 2.25. The number of rotatable bonds is 11. The number of halogens is 2. The van der Waals surface area contributed by atoms with Crippen LogP contribution in [0, 0.1) is 0 Å². The Kier molecular flexibility index (Phi) is 10.2. The number of carbonyl (C=O) groups excluding carboxylic acids is 2. The van der Waals surface area contributed by atoms with Crippen LogP contribution in [0.25, 0.3) is 0 Å². The minimum atomic E-state index is -3.93. The van der Waals surface area contributed by atoms with Gasteiger partial charge in [-0.2, -0.15) is 4.31 Å². The molecule has 0 aromatic heterocycles. The van der Waals surface area contributed by atoms with Crippen molar-refractivity contribution in [3.63, 3.8) is 0 Å². The summed E-state index contributed by atoms with van der Waals surface area (Å²) in [7, 11) is -2.61. The first-order valence-corrected chi connectivity index (χ1v) is 12.8. The normalized spacial score (nSPS) is 12.4. The molecule has 2 aromatic carbocycles. The molecule has 0 unspecified atom stereocenters. The fraction of sp³-hybridized carbons (Fsp3) is 0.391. The molecule has 0 aliphatic rings. The third-order valence-corrected chi connectivity index (χ3v) is 7.61. The summed E-state index contributed by atoms with van der Waals surface area (Å²) in [5.74, 6) is -0.833. The number of sulfonamides is 1. The Labute approximate surface area is 205 Å². The van der Waals surface area contributed by atoms with Gasteiger partial charge in [0.1, 0.15) is 6.04 Å². The van der Waals surface area contributed by atoms with E-state index in [0.717, 1.165) is 17.1 Å². The lowest BCUT2D eigenvalue weighted by atomic mass is 10.1. The highest BCUT2D eigenvalue weighted by atomic mass is 35.5. The summed E-state index contributed by atoms with van der Waals surface area (Å²) < 4.78 is 26.8. The first-order chi connectivity index (χ1) is 15.6. The summed E-state index contributed by atoms with van der Waals surface area (Å²) in [6.07, 6.45) is 1.74. The van der Waals surface area contributed by atoms with Gasteiger partial charge in [0.15, 0.2) is 0 Å². The van der Waals surface area contributed by atoms with Gasteiger partial charge in [0, 0.05) is 30.2 Å². The number of hydrogen-bond donors (Lipinski definition) is 1. The minimum absolute atomic E-state index is 0.0187. The van der Waals surface area contributed by atoms with Crippen molar-refractivity contribution in [3.05, 3.63) is 64.1 Å². The maximum atomic E-state index is 13.3. The zero-order chi connectivity index (χ0) is 24.6. The molecule has 0 saturated heterocycles. The molecule has 0 fully saturated rings. The van der Waals surface area contributed by atoms with Crippen LogP contribution in [0.1, 0.15) is 32.3 Å². The zero-order valence-corrected chi connectivity index (χ0v) is 21.3. The van der Waals surface area contributed by atoms with Crippen LogP contribution in [0.5, 0.6) is 0 Å². The maximum absolute atomic E-state index is 13.3. The Hall–Kier alpha value is -2.13. The molecule has 1 atom stereocenters. The molecule has 0 aliphatic heterocycles. The molecule has 1 N–H and O–H groups in total. The minimum Gasteiger partial charge on any atom is -0.354 e. The highest BCUT2D eigenvalue weighted by Crippen LogP contribution is 2.21. The predicted octanol–water partition coefficient (Wildman–Crippen LogP) is 3.95. The summed E-state index contributed by atoms with van der Waals surface area (Å²) in [4.78, 5) is 27.3. The van der Waals surface area contributed by atoms with E-state index in [1.54, 1.807) is 31.2 Å². The van der Waals surface area contributed by atoms with E-state index in [2.05, 4.69) is 5.32 Å².